The van der Waals surface area contributed by atoms with Crippen LogP contribution in [0.15, 0.2) is 42.5 Å². The highest BCUT2D eigenvalue weighted by Gasteiger charge is 2.68. The molecule has 4 rings (SSSR count). The fourth-order valence-electron chi connectivity index (χ4n) is 3.75. The highest BCUT2D eigenvalue weighted by molar-refractivity contribution is 6.42. The van der Waals surface area contributed by atoms with E-state index >= 15 is 0 Å². The van der Waals surface area contributed by atoms with E-state index in [0.717, 1.165) is 0 Å². The van der Waals surface area contributed by atoms with Crippen molar-refractivity contribution in [1.82, 2.24) is 10.2 Å². The fourth-order valence-corrected chi connectivity index (χ4v) is 4.07. The molecule has 2 aliphatic heterocycles. The zero-order valence-electron chi connectivity index (χ0n) is 15.6. The van der Waals surface area contributed by atoms with Gasteiger partial charge in [-0.3, -0.25) is 14.9 Å². The zero-order valence-corrected chi connectivity index (χ0v) is 17.2. The minimum atomic E-state index is -2.17. The Labute approximate surface area is 181 Å². The third kappa shape index (κ3) is 2.75. The van der Waals surface area contributed by atoms with Gasteiger partial charge >= 0.3 is 12.1 Å². The van der Waals surface area contributed by atoms with Crippen LogP contribution in [0, 0.1) is 0 Å². The van der Waals surface area contributed by atoms with E-state index in [2.05, 4.69) is 5.32 Å². The maximum absolute atomic E-state index is 13.6. The van der Waals surface area contributed by atoms with E-state index in [1.54, 1.807) is 43.3 Å². The molecule has 1 N–H and O–H groups in total. The number of hydrogen-bond donors (Lipinski definition) is 1. The number of rotatable bonds is 3. The Kier molecular flexibility index (Phi) is 4.91. The molecule has 2 aromatic rings. The second-order valence-electron chi connectivity index (χ2n) is 6.66. The Morgan fingerprint density at radius 2 is 1.83 bits per heavy atom. The van der Waals surface area contributed by atoms with Crippen molar-refractivity contribution in [2.24, 2.45) is 0 Å². The van der Waals surface area contributed by atoms with E-state index in [-0.39, 0.29) is 18.7 Å². The number of halogens is 2. The zero-order chi connectivity index (χ0) is 21.6. The highest BCUT2D eigenvalue weighted by Crippen LogP contribution is 2.47. The lowest BCUT2D eigenvalue weighted by Crippen LogP contribution is -2.56. The van der Waals surface area contributed by atoms with Crippen LogP contribution in [0.5, 0.6) is 0 Å². The molecule has 10 heteroatoms. The van der Waals surface area contributed by atoms with Gasteiger partial charge in [-0.15, -0.1) is 0 Å². The molecule has 2 aliphatic rings. The van der Waals surface area contributed by atoms with E-state index in [1.807, 2.05) is 0 Å². The number of carbonyl (C=O) groups is 4. The molecule has 1 fully saturated rings. The predicted molar refractivity (Wildman–Crippen MR) is 108 cm³/mol. The molecular weight excluding hydrogens is 433 g/mol. The van der Waals surface area contributed by atoms with Crippen molar-refractivity contribution < 1.29 is 23.9 Å². The molecule has 5 amide bonds. The summed E-state index contributed by atoms with van der Waals surface area (Å²) in [4.78, 5) is 53.4. The summed E-state index contributed by atoms with van der Waals surface area (Å²) >= 11 is 12.0. The Morgan fingerprint density at radius 1 is 1.10 bits per heavy atom. The first kappa shape index (κ1) is 20.2. The van der Waals surface area contributed by atoms with Gasteiger partial charge < -0.3 is 9.64 Å². The van der Waals surface area contributed by atoms with E-state index in [1.165, 1.54) is 11.0 Å². The number of nitrogens with one attached hydrogen (secondary N) is 1. The number of hydrogen-bond acceptors (Lipinski definition) is 5. The van der Waals surface area contributed by atoms with Crippen LogP contribution >= 0.6 is 23.2 Å². The standard InChI is InChI=1S/C20H15Cl2N3O5/c1-2-30-19(29)25-18(28)23-16(26)20(25)12-5-3-4-6-15(12)24(17(20)27)10-11-7-8-13(21)14(22)9-11/h3-9H,2,10H2,1H3,(H,23,26,28). The summed E-state index contributed by atoms with van der Waals surface area (Å²) in [6, 6.07) is 10.4. The van der Waals surface area contributed by atoms with Crippen molar-refractivity contribution in [1.29, 1.82) is 0 Å². The summed E-state index contributed by atoms with van der Waals surface area (Å²) in [6.45, 7) is 1.57. The van der Waals surface area contributed by atoms with Crippen LogP contribution in [0.4, 0.5) is 15.3 Å². The molecule has 30 heavy (non-hydrogen) atoms. The largest absolute Gasteiger partial charge is 0.449 e. The van der Waals surface area contributed by atoms with Crippen LogP contribution in [0.1, 0.15) is 18.1 Å². The first-order valence-electron chi connectivity index (χ1n) is 9.00. The van der Waals surface area contributed by atoms with Crippen molar-refractivity contribution in [3.05, 3.63) is 63.6 Å². The summed E-state index contributed by atoms with van der Waals surface area (Å²) in [5.41, 5.74) is -0.910. The van der Waals surface area contributed by atoms with Crippen LogP contribution in [0.2, 0.25) is 10.0 Å². The number of nitrogens with zero attached hydrogens (tertiary/aromatic N) is 2. The van der Waals surface area contributed by atoms with Gasteiger partial charge in [0.1, 0.15) is 0 Å². The SMILES string of the molecule is CCOC(=O)N1C(=O)NC(=O)C12C(=O)N(Cc1ccc(Cl)c(Cl)c1)c1ccccc12. The Hall–Kier alpha value is -3.10. The molecule has 1 unspecified atom stereocenters. The quantitative estimate of drug-likeness (QED) is 0.574. The molecule has 1 spiro atoms. The lowest BCUT2D eigenvalue weighted by molar-refractivity contribution is -0.137. The first-order chi connectivity index (χ1) is 14.3. The second kappa shape index (κ2) is 7.30. The smallest absolute Gasteiger partial charge is 0.419 e. The van der Waals surface area contributed by atoms with Crippen molar-refractivity contribution in [3.63, 3.8) is 0 Å². The molecule has 0 aliphatic carbocycles. The van der Waals surface area contributed by atoms with Gasteiger partial charge in [0.05, 0.1) is 28.9 Å². The molecular formula is C20H15Cl2N3O5. The summed E-state index contributed by atoms with van der Waals surface area (Å²) in [6.07, 6.45) is -1.08. The molecule has 0 radical (unpaired) electrons. The van der Waals surface area contributed by atoms with Gasteiger partial charge in [-0.25, -0.2) is 9.59 Å². The topological polar surface area (TPSA) is 96.0 Å². The van der Waals surface area contributed by atoms with Crippen molar-refractivity contribution >= 4 is 52.8 Å². The summed E-state index contributed by atoms with van der Waals surface area (Å²) in [7, 11) is 0. The summed E-state index contributed by atoms with van der Waals surface area (Å²) in [5, 5.41) is 2.74. The van der Waals surface area contributed by atoms with Crippen LogP contribution in [0.3, 0.4) is 0 Å². The van der Waals surface area contributed by atoms with Crippen LogP contribution < -0.4 is 10.2 Å². The summed E-state index contributed by atoms with van der Waals surface area (Å²) in [5.74, 6) is -1.65. The third-order valence-electron chi connectivity index (χ3n) is 5.00. The molecule has 1 saturated heterocycles. The van der Waals surface area contributed by atoms with Crippen molar-refractivity contribution in [3.8, 4) is 0 Å². The average Bonchev–Trinajstić information content (AvgIpc) is 3.11. The lowest BCUT2D eigenvalue weighted by Gasteiger charge is -2.28. The predicted octanol–water partition coefficient (Wildman–Crippen LogP) is 3.44. The molecule has 2 aromatic carbocycles. The van der Waals surface area contributed by atoms with Crippen LogP contribution in [-0.2, 0) is 26.4 Å². The van der Waals surface area contributed by atoms with Crippen LogP contribution in [0.25, 0.3) is 0 Å². The molecule has 8 nitrogen and oxygen atoms in total. The number of carbonyl (C=O) groups excluding carboxylic acids is 4. The third-order valence-corrected chi connectivity index (χ3v) is 5.74. The van der Waals surface area contributed by atoms with Crippen LogP contribution in [-0.4, -0.2) is 35.4 Å². The minimum Gasteiger partial charge on any atom is -0.449 e. The number of urea groups is 1. The van der Waals surface area contributed by atoms with Crippen molar-refractivity contribution in [2.75, 3.05) is 11.5 Å². The minimum absolute atomic E-state index is 0.0320. The molecule has 0 saturated carbocycles. The maximum atomic E-state index is 13.6. The van der Waals surface area contributed by atoms with Gasteiger partial charge in [-0.1, -0.05) is 47.5 Å². The summed E-state index contributed by atoms with van der Waals surface area (Å²) < 4.78 is 4.95. The van der Waals surface area contributed by atoms with E-state index in [4.69, 9.17) is 27.9 Å². The molecule has 0 aromatic heterocycles. The Balaban J connectivity index is 1.85. The fraction of sp³-hybridized carbons (Fsp3) is 0.200. The number of benzene rings is 2. The van der Waals surface area contributed by atoms with E-state index < -0.39 is 29.5 Å². The molecule has 154 valence electrons. The van der Waals surface area contributed by atoms with Gasteiger partial charge in [0.15, 0.2) is 0 Å². The lowest BCUT2D eigenvalue weighted by atomic mass is 9.90. The Bertz CT molecular complexity index is 1110. The second-order valence-corrected chi connectivity index (χ2v) is 7.48. The highest BCUT2D eigenvalue weighted by atomic mass is 35.5. The van der Waals surface area contributed by atoms with Gasteiger partial charge in [-0.2, -0.15) is 4.90 Å². The van der Waals surface area contributed by atoms with Gasteiger partial charge in [-0.05, 0) is 30.7 Å². The monoisotopic (exact) mass is 447 g/mol. The van der Waals surface area contributed by atoms with E-state index in [0.29, 0.717) is 26.2 Å². The number of amides is 5. The average molecular weight is 448 g/mol. The number of imide groups is 2. The van der Waals surface area contributed by atoms with Gasteiger partial charge in [0.25, 0.3) is 11.8 Å². The first-order valence-corrected chi connectivity index (χ1v) is 9.75. The Morgan fingerprint density at radius 3 is 2.53 bits per heavy atom. The number of anilines is 1. The normalized spacial score (nSPS) is 20.0. The maximum Gasteiger partial charge on any atom is 0.419 e. The van der Waals surface area contributed by atoms with Gasteiger partial charge in [0, 0.05) is 5.56 Å². The number of ether oxygens (including phenoxy) is 1. The molecule has 2 heterocycles. The number of para-hydroxylation sites is 1. The van der Waals surface area contributed by atoms with Crippen molar-refractivity contribution in [2.45, 2.75) is 19.0 Å². The molecule has 0 bridgehead atoms. The molecule has 1 atom stereocenters. The number of fused-ring (bicyclic) bond motifs is 2. The van der Waals surface area contributed by atoms with E-state index in [9.17, 15) is 19.2 Å². The van der Waals surface area contributed by atoms with Gasteiger partial charge in [0.2, 0.25) is 5.54 Å².